The summed E-state index contributed by atoms with van der Waals surface area (Å²) in [5, 5.41) is 15.6. The van der Waals surface area contributed by atoms with Gasteiger partial charge in [-0.2, -0.15) is 0 Å². The van der Waals surface area contributed by atoms with E-state index < -0.39 is 0 Å². The average molecular weight is 282 g/mol. The van der Waals surface area contributed by atoms with Gasteiger partial charge in [0.05, 0.1) is 0 Å². The fourth-order valence-electron chi connectivity index (χ4n) is 3.44. The van der Waals surface area contributed by atoms with Crippen LogP contribution in [0.4, 0.5) is 0 Å². The van der Waals surface area contributed by atoms with E-state index in [4.69, 9.17) is 10.9 Å². The monoisotopic (exact) mass is 282 g/mol. The summed E-state index contributed by atoms with van der Waals surface area (Å²) in [6.07, 6.45) is 5.97. The Labute approximate surface area is 122 Å². The molecule has 5 heteroatoms. The van der Waals surface area contributed by atoms with Crippen LogP contribution < -0.4 is 11.1 Å². The minimum absolute atomic E-state index is 0.204. The lowest BCUT2D eigenvalue weighted by atomic mass is 9.84. The molecule has 3 aliphatic heterocycles. The Bertz CT molecular complexity index is 335. The Morgan fingerprint density at radius 1 is 1.35 bits per heavy atom. The molecule has 0 radical (unpaired) electrons. The molecular formula is C15H30N4O. The molecule has 0 aromatic rings. The predicted octanol–water partition coefficient (Wildman–Crippen LogP) is 1.61. The highest BCUT2D eigenvalue weighted by Crippen LogP contribution is 2.27. The van der Waals surface area contributed by atoms with E-state index in [0.717, 1.165) is 31.7 Å². The SMILES string of the molecule is CC(C)(CCCCNC1CN2CCC1CC2)C(N)=NO. The summed E-state index contributed by atoms with van der Waals surface area (Å²) >= 11 is 0. The maximum Gasteiger partial charge on any atom is 0.144 e. The van der Waals surface area contributed by atoms with E-state index in [2.05, 4.69) is 15.4 Å². The molecule has 1 atom stereocenters. The minimum atomic E-state index is -0.204. The molecule has 3 aliphatic rings. The van der Waals surface area contributed by atoms with Crippen LogP contribution in [0, 0.1) is 11.3 Å². The summed E-state index contributed by atoms with van der Waals surface area (Å²) < 4.78 is 0. The molecule has 5 nitrogen and oxygen atoms in total. The van der Waals surface area contributed by atoms with Crippen LogP contribution in [-0.2, 0) is 0 Å². The molecule has 3 heterocycles. The van der Waals surface area contributed by atoms with Gasteiger partial charge in [0.25, 0.3) is 0 Å². The number of hydrogen-bond donors (Lipinski definition) is 3. The van der Waals surface area contributed by atoms with Gasteiger partial charge in [0, 0.05) is 18.0 Å². The highest BCUT2D eigenvalue weighted by molar-refractivity contribution is 5.85. The number of amidine groups is 1. The third kappa shape index (κ3) is 3.85. The first-order valence-corrected chi connectivity index (χ1v) is 7.96. The number of unbranched alkanes of at least 4 members (excludes halogenated alkanes) is 1. The third-order valence-electron chi connectivity index (χ3n) is 5.09. The Balaban J connectivity index is 1.60. The summed E-state index contributed by atoms with van der Waals surface area (Å²) in [7, 11) is 0. The van der Waals surface area contributed by atoms with E-state index in [1.807, 2.05) is 13.8 Å². The van der Waals surface area contributed by atoms with Crippen molar-refractivity contribution in [2.24, 2.45) is 22.2 Å². The van der Waals surface area contributed by atoms with Crippen LogP contribution in [0.5, 0.6) is 0 Å². The fourth-order valence-corrected chi connectivity index (χ4v) is 3.44. The van der Waals surface area contributed by atoms with Crippen LogP contribution in [0.2, 0.25) is 0 Å². The van der Waals surface area contributed by atoms with Crippen LogP contribution in [0.3, 0.4) is 0 Å². The first kappa shape index (κ1) is 15.6. The van der Waals surface area contributed by atoms with Crippen molar-refractivity contribution in [1.29, 1.82) is 0 Å². The Morgan fingerprint density at radius 3 is 2.60 bits per heavy atom. The topological polar surface area (TPSA) is 73.9 Å². The van der Waals surface area contributed by atoms with E-state index >= 15 is 0 Å². The molecule has 0 saturated carbocycles. The van der Waals surface area contributed by atoms with Crippen molar-refractivity contribution in [1.82, 2.24) is 10.2 Å². The van der Waals surface area contributed by atoms with Gasteiger partial charge < -0.3 is 21.2 Å². The maximum absolute atomic E-state index is 8.75. The van der Waals surface area contributed by atoms with Gasteiger partial charge in [-0.25, -0.2) is 0 Å². The lowest BCUT2D eigenvalue weighted by Crippen LogP contribution is -2.56. The number of piperidine rings is 3. The fraction of sp³-hybridized carbons (Fsp3) is 0.933. The molecule has 0 aliphatic carbocycles. The van der Waals surface area contributed by atoms with Crippen LogP contribution in [0.15, 0.2) is 5.16 Å². The molecule has 3 saturated heterocycles. The van der Waals surface area contributed by atoms with Crippen molar-refractivity contribution in [3.8, 4) is 0 Å². The smallest absolute Gasteiger partial charge is 0.144 e. The van der Waals surface area contributed by atoms with Gasteiger partial charge in [-0.3, -0.25) is 0 Å². The lowest BCUT2D eigenvalue weighted by molar-refractivity contribution is 0.0726. The van der Waals surface area contributed by atoms with Crippen molar-refractivity contribution in [2.75, 3.05) is 26.2 Å². The Morgan fingerprint density at radius 2 is 2.05 bits per heavy atom. The molecule has 20 heavy (non-hydrogen) atoms. The molecular weight excluding hydrogens is 252 g/mol. The zero-order valence-corrected chi connectivity index (χ0v) is 12.9. The van der Waals surface area contributed by atoms with Gasteiger partial charge in [0.15, 0.2) is 0 Å². The molecule has 4 N–H and O–H groups in total. The van der Waals surface area contributed by atoms with E-state index in [0.29, 0.717) is 11.9 Å². The highest BCUT2D eigenvalue weighted by Gasteiger charge is 2.33. The minimum Gasteiger partial charge on any atom is -0.409 e. The second-order valence-corrected chi connectivity index (χ2v) is 7.02. The van der Waals surface area contributed by atoms with Crippen molar-refractivity contribution in [3.63, 3.8) is 0 Å². The largest absolute Gasteiger partial charge is 0.409 e. The van der Waals surface area contributed by atoms with E-state index in [9.17, 15) is 0 Å². The molecule has 0 amide bonds. The first-order chi connectivity index (χ1) is 9.53. The standard InChI is InChI=1S/C15H30N4O/c1-15(2,14(16)18-20)7-3-4-8-17-13-11-19-9-5-12(13)6-10-19/h12-13,17,20H,3-11H2,1-2H3,(H2,16,18). The molecule has 3 fully saturated rings. The molecule has 0 aromatic carbocycles. The molecule has 3 rings (SSSR count). The quantitative estimate of drug-likeness (QED) is 0.218. The van der Waals surface area contributed by atoms with Crippen molar-refractivity contribution in [2.45, 2.75) is 52.0 Å². The summed E-state index contributed by atoms with van der Waals surface area (Å²) in [5.74, 6) is 1.23. The summed E-state index contributed by atoms with van der Waals surface area (Å²) in [6, 6.07) is 0.703. The zero-order chi connectivity index (χ0) is 14.6. The average Bonchev–Trinajstić information content (AvgIpc) is 2.47. The molecule has 0 aromatic heterocycles. The second-order valence-electron chi connectivity index (χ2n) is 7.02. The number of nitrogens with one attached hydrogen (secondary N) is 1. The summed E-state index contributed by atoms with van der Waals surface area (Å²) in [5.41, 5.74) is 5.50. The number of oxime groups is 1. The Hall–Kier alpha value is -0.810. The van der Waals surface area contributed by atoms with Gasteiger partial charge in [-0.05, 0) is 51.2 Å². The van der Waals surface area contributed by atoms with E-state index in [1.54, 1.807) is 0 Å². The zero-order valence-electron chi connectivity index (χ0n) is 12.9. The van der Waals surface area contributed by atoms with Crippen molar-refractivity contribution in [3.05, 3.63) is 0 Å². The molecule has 116 valence electrons. The lowest BCUT2D eigenvalue weighted by Gasteiger charge is -2.45. The van der Waals surface area contributed by atoms with Gasteiger partial charge in [0.2, 0.25) is 0 Å². The van der Waals surface area contributed by atoms with Crippen molar-refractivity contribution < 1.29 is 5.21 Å². The van der Waals surface area contributed by atoms with Crippen LogP contribution in [0.25, 0.3) is 0 Å². The van der Waals surface area contributed by atoms with Crippen LogP contribution in [0.1, 0.15) is 46.0 Å². The van der Waals surface area contributed by atoms with Crippen molar-refractivity contribution >= 4 is 5.84 Å². The number of hydrogen-bond acceptors (Lipinski definition) is 4. The van der Waals surface area contributed by atoms with E-state index in [-0.39, 0.29) is 5.41 Å². The van der Waals surface area contributed by atoms with Gasteiger partial charge >= 0.3 is 0 Å². The normalized spacial score (nSPS) is 30.7. The predicted molar refractivity (Wildman–Crippen MR) is 82.0 cm³/mol. The van der Waals surface area contributed by atoms with Gasteiger partial charge in [-0.1, -0.05) is 25.4 Å². The summed E-state index contributed by atoms with van der Waals surface area (Å²) in [4.78, 5) is 2.58. The first-order valence-electron chi connectivity index (χ1n) is 7.96. The van der Waals surface area contributed by atoms with Gasteiger partial charge in [0.1, 0.15) is 5.84 Å². The number of nitrogens with two attached hydrogens (primary N) is 1. The number of nitrogens with zero attached hydrogens (tertiary/aromatic N) is 2. The Kier molecular flexibility index (Phi) is 5.27. The van der Waals surface area contributed by atoms with E-state index in [1.165, 1.54) is 32.5 Å². The molecule has 0 spiro atoms. The maximum atomic E-state index is 8.75. The van der Waals surface area contributed by atoms with Crippen LogP contribution >= 0.6 is 0 Å². The number of rotatable bonds is 7. The highest BCUT2D eigenvalue weighted by atomic mass is 16.4. The molecule has 2 bridgehead atoms. The molecule has 1 unspecified atom stereocenters. The summed E-state index contributed by atoms with van der Waals surface area (Å²) in [6.45, 7) is 8.99. The van der Waals surface area contributed by atoms with Gasteiger partial charge in [-0.15, -0.1) is 0 Å². The third-order valence-corrected chi connectivity index (χ3v) is 5.09. The number of fused-ring (bicyclic) bond motifs is 3. The van der Waals surface area contributed by atoms with Crippen LogP contribution in [-0.4, -0.2) is 48.2 Å². The second kappa shape index (κ2) is 6.76.